The van der Waals surface area contributed by atoms with Gasteiger partial charge in [-0.2, -0.15) is 0 Å². The molecule has 0 aliphatic carbocycles. The monoisotopic (exact) mass is 612 g/mol. The number of cyclic esters (lactones) is 1. The van der Waals surface area contributed by atoms with Crippen molar-refractivity contribution in [1.29, 1.82) is 0 Å². The van der Waals surface area contributed by atoms with Gasteiger partial charge in [-0.15, -0.1) is 0 Å². The summed E-state index contributed by atoms with van der Waals surface area (Å²) in [5, 5.41) is 3.49. The average molecular weight is 613 g/mol. The molecule has 0 spiro atoms. The second-order valence-electron chi connectivity index (χ2n) is 11.3. The van der Waals surface area contributed by atoms with Crippen molar-refractivity contribution in [3.05, 3.63) is 53.6 Å². The molecule has 3 atom stereocenters. The van der Waals surface area contributed by atoms with Gasteiger partial charge >= 0.3 is 11.9 Å². The Kier molecular flexibility index (Phi) is 13.6. The topological polar surface area (TPSA) is 105 Å². The van der Waals surface area contributed by atoms with E-state index in [1.54, 1.807) is 12.1 Å². The molecule has 1 N–H and O–H groups in total. The molecule has 2 heterocycles. The van der Waals surface area contributed by atoms with Crippen molar-refractivity contribution in [1.82, 2.24) is 10.2 Å². The molecule has 10 heteroatoms. The van der Waals surface area contributed by atoms with Crippen LogP contribution in [0.25, 0.3) is 0 Å². The second kappa shape index (κ2) is 17.8. The van der Waals surface area contributed by atoms with Crippen LogP contribution in [0.4, 0.5) is 0 Å². The highest BCUT2D eigenvalue weighted by molar-refractivity contribution is 5.91. The number of hydrogen-bond donors (Lipinski definition) is 1. The number of rotatable bonds is 8. The van der Waals surface area contributed by atoms with E-state index in [1.165, 1.54) is 21.3 Å². The summed E-state index contributed by atoms with van der Waals surface area (Å²) in [7, 11) is 4.56. The van der Waals surface area contributed by atoms with E-state index >= 15 is 0 Å². The third-order valence-corrected chi connectivity index (χ3v) is 8.33. The Hall–Kier alpha value is -3.34. The maximum atomic E-state index is 13.5. The second-order valence-corrected chi connectivity index (χ2v) is 11.3. The van der Waals surface area contributed by atoms with Gasteiger partial charge in [0.2, 0.25) is 5.75 Å². The van der Waals surface area contributed by atoms with E-state index in [1.807, 2.05) is 30.3 Å². The fourth-order valence-corrected chi connectivity index (χ4v) is 5.96. The van der Waals surface area contributed by atoms with Gasteiger partial charge in [-0.25, -0.2) is 9.59 Å². The predicted molar refractivity (Wildman–Crippen MR) is 167 cm³/mol. The summed E-state index contributed by atoms with van der Waals surface area (Å²) >= 11 is 0. The van der Waals surface area contributed by atoms with E-state index in [0.29, 0.717) is 61.3 Å². The fraction of sp³-hybridized carbons (Fsp3) is 0.588. The van der Waals surface area contributed by atoms with Gasteiger partial charge in [0.1, 0.15) is 6.10 Å². The third-order valence-electron chi connectivity index (χ3n) is 8.33. The summed E-state index contributed by atoms with van der Waals surface area (Å²) < 4.78 is 34.3. The highest BCUT2D eigenvalue weighted by Crippen LogP contribution is 2.38. The van der Waals surface area contributed by atoms with E-state index in [2.05, 4.69) is 10.2 Å². The summed E-state index contributed by atoms with van der Waals surface area (Å²) in [4.78, 5) is 29.1. The lowest BCUT2D eigenvalue weighted by atomic mass is 9.99. The Morgan fingerprint density at radius 2 is 1.64 bits per heavy atom. The van der Waals surface area contributed by atoms with Crippen LogP contribution in [0.2, 0.25) is 0 Å². The molecule has 2 unspecified atom stereocenters. The molecule has 0 aromatic heterocycles. The Morgan fingerprint density at radius 1 is 0.886 bits per heavy atom. The minimum atomic E-state index is -0.687. The Morgan fingerprint density at radius 3 is 2.36 bits per heavy atom. The van der Waals surface area contributed by atoms with Gasteiger partial charge in [0.05, 0.1) is 33.5 Å². The lowest BCUT2D eigenvalue weighted by molar-refractivity contribution is -0.157. The molecule has 0 amide bonds. The Balaban J connectivity index is 1.50. The van der Waals surface area contributed by atoms with Gasteiger partial charge < -0.3 is 33.7 Å². The van der Waals surface area contributed by atoms with Gasteiger partial charge in [0.25, 0.3) is 0 Å². The van der Waals surface area contributed by atoms with Crippen LogP contribution in [0.1, 0.15) is 60.9 Å². The van der Waals surface area contributed by atoms with Crippen molar-refractivity contribution >= 4 is 11.9 Å². The molecule has 2 fully saturated rings. The number of methoxy groups -OCH3 is 3. The van der Waals surface area contributed by atoms with Crippen molar-refractivity contribution in [2.24, 2.45) is 0 Å². The molecule has 0 saturated carbocycles. The first kappa shape index (κ1) is 33.6. The highest BCUT2D eigenvalue weighted by atomic mass is 16.6. The molecule has 44 heavy (non-hydrogen) atoms. The summed E-state index contributed by atoms with van der Waals surface area (Å²) in [5.74, 6) is 0.429. The van der Waals surface area contributed by atoms with Gasteiger partial charge in [0, 0.05) is 32.2 Å². The van der Waals surface area contributed by atoms with Crippen LogP contribution in [-0.4, -0.2) is 95.8 Å². The molecule has 0 radical (unpaired) electrons. The van der Waals surface area contributed by atoms with Gasteiger partial charge in [-0.05, 0) is 75.7 Å². The zero-order valence-electron chi connectivity index (χ0n) is 26.4. The summed E-state index contributed by atoms with van der Waals surface area (Å²) in [6, 6.07) is 13.4. The molecule has 2 aromatic rings. The van der Waals surface area contributed by atoms with Crippen LogP contribution in [0.3, 0.4) is 0 Å². The SMILES string of the molecule is COc1cc(C(=O)O[C@H]2CCCOC(Cc3ccccc3)C(=O)OCCCC(N3CCCNCC3)CC2)cc(OC)c1OC. The number of ether oxygens (including phenoxy) is 6. The van der Waals surface area contributed by atoms with Gasteiger partial charge in [-0.3, -0.25) is 4.90 Å². The molecule has 242 valence electrons. The van der Waals surface area contributed by atoms with Crippen LogP contribution in [0.15, 0.2) is 42.5 Å². The molecular formula is C34H48N2O8. The van der Waals surface area contributed by atoms with E-state index in [9.17, 15) is 9.59 Å². The summed E-state index contributed by atoms with van der Waals surface area (Å²) in [5.41, 5.74) is 1.35. The van der Waals surface area contributed by atoms with E-state index < -0.39 is 12.1 Å². The average Bonchev–Trinajstić information content (AvgIpc) is 3.34. The fourth-order valence-electron chi connectivity index (χ4n) is 5.96. The standard InChI is InChI=1S/C34H48N2O8/c1-39-29-23-26(24-30(40-2)32(29)41-3)33(37)44-28-13-8-20-42-31(22-25-10-5-4-6-11-25)34(38)43-21-7-12-27(14-15-28)36-18-9-16-35-17-19-36/h4-6,10-11,23-24,27-28,31,35H,7-9,12-22H2,1-3H3/t27?,28-,31?/m0/s1. The number of carbonyl (C=O) groups excluding carboxylic acids is 2. The number of esters is 2. The zero-order valence-corrected chi connectivity index (χ0v) is 26.4. The summed E-state index contributed by atoms with van der Waals surface area (Å²) in [6.07, 6.45) is 5.01. The molecule has 2 aliphatic rings. The number of nitrogens with one attached hydrogen (secondary N) is 1. The summed E-state index contributed by atoms with van der Waals surface area (Å²) in [6.45, 7) is 4.65. The van der Waals surface area contributed by atoms with Crippen LogP contribution >= 0.6 is 0 Å². The first-order chi connectivity index (χ1) is 21.5. The minimum absolute atomic E-state index is 0.301. The smallest absolute Gasteiger partial charge is 0.338 e. The van der Waals surface area contributed by atoms with Crippen molar-refractivity contribution in [2.75, 3.05) is 60.7 Å². The number of carbonyl (C=O) groups is 2. The van der Waals surface area contributed by atoms with Crippen molar-refractivity contribution in [3.63, 3.8) is 0 Å². The molecule has 4 rings (SSSR count). The first-order valence-electron chi connectivity index (χ1n) is 15.8. The van der Waals surface area contributed by atoms with Crippen LogP contribution in [-0.2, 0) is 25.4 Å². The number of hydrogen-bond acceptors (Lipinski definition) is 10. The maximum Gasteiger partial charge on any atom is 0.338 e. The normalized spacial score (nSPS) is 23.0. The number of nitrogens with zero attached hydrogens (tertiary/aromatic N) is 1. The lowest BCUT2D eigenvalue weighted by Crippen LogP contribution is -2.39. The van der Waals surface area contributed by atoms with E-state index in [-0.39, 0.29) is 12.1 Å². The Labute approximate surface area is 261 Å². The van der Waals surface area contributed by atoms with Crippen molar-refractivity contribution in [3.8, 4) is 17.2 Å². The largest absolute Gasteiger partial charge is 0.493 e. The van der Waals surface area contributed by atoms with Crippen LogP contribution in [0, 0.1) is 0 Å². The van der Waals surface area contributed by atoms with Crippen LogP contribution in [0.5, 0.6) is 17.2 Å². The van der Waals surface area contributed by atoms with Crippen LogP contribution < -0.4 is 19.5 Å². The molecule has 2 aromatic carbocycles. The Bertz CT molecular complexity index is 1140. The molecular weight excluding hydrogens is 564 g/mol. The molecule has 2 saturated heterocycles. The minimum Gasteiger partial charge on any atom is -0.493 e. The van der Waals surface area contributed by atoms with Gasteiger partial charge in [-0.1, -0.05) is 30.3 Å². The van der Waals surface area contributed by atoms with E-state index in [0.717, 1.165) is 63.8 Å². The first-order valence-corrected chi connectivity index (χ1v) is 15.8. The number of benzene rings is 2. The molecule has 10 nitrogen and oxygen atoms in total. The molecule has 2 aliphatic heterocycles. The van der Waals surface area contributed by atoms with Crippen molar-refractivity contribution in [2.45, 2.75) is 69.6 Å². The highest BCUT2D eigenvalue weighted by Gasteiger charge is 2.27. The van der Waals surface area contributed by atoms with Crippen molar-refractivity contribution < 1.29 is 38.0 Å². The predicted octanol–water partition coefficient (Wildman–Crippen LogP) is 4.43. The molecule has 0 bridgehead atoms. The quantitative estimate of drug-likeness (QED) is 0.431. The zero-order chi connectivity index (χ0) is 31.1. The van der Waals surface area contributed by atoms with E-state index in [4.69, 9.17) is 28.4 Å². The lowest BCUT2D eigenvalue weighted by Gasteiger charge is -2.32. The third kappa shape index (κ3) is 9.84. The maximum absolute atomic E-state index is 13.5. The van der Waals surface area contributed by atoms with Gasteiger partial charge in [0.15, 0.2) is 17.6 Å².